The smallest absolute Gasteiger partial charge is 0.0468 e. The van der Waals surface area contributed by atoms with E-state index in [2.05, 4.69) is 207 Å². The second kappa shape index (κ2) is 12.8. The number of aryl methyl sites for hydroxylation is 2. The van der Waals surface area contributed by atoms with E-state index in [4.69, 9.17) is 0 Å². The minimum absolute atomic E-state index is 1.14. The maximum atomic E-state index is 2.37. The molecule has 0 spiro atoms. The van der Waals surface area contributed by atoms with Crippen molar-refractivity contribution in [2.24, 2.45) is 0 Å². The Morgan fingerprint density at radius 1 is 0.294 bits per heavy atom. The molecule has 9 rings (SSSR count). The molecule has 0 radical (unpaired) electrons. The van der Waals surface area contributed by atoms with Gasteiger partial charge in [0.15, 0.2) is 0 Å². The molecule has 0 saturated heterocycles. The number of rotatable bonds is 6. The van der Waals surface area contributed by atoms with Gasteiger partial charge in [-0.05, 0) is 139 Å². The van der Waals surface area contributed by atoms with E-state index >= 15 is 0 Å². The monoisotopic (exact) mass is 651 g/mol. The Balaban J connectivity index is 1.20. The van der Waals surface area contributed by atoms with E-state index in [0.29, 0.717) is 0 Å². The first-order valence-corrected chi connectivity index (χ1v) is 17.7. The van der Waals surface area contributed by atoms with Crippen molar-refractivity contribution in [3.63, 3.8) is 0 Å². The molecule has 0 saturated carbocycles. The molecule has 1 nitrogen and oxygen atoms in total. The first-order chi connectivity index (χ1) is 25.1. The third-order valence-corrected chi connectivity index (χ3v) is 10.1. The highest BCUT2D eigenvalue weighted by Crippen LogP contribution is 2.45. The van der Waals surface area contributed by atoms with Gasteiger partial charge in [0.2, 0.25) is 0 Å². The Hall–Kier alpha value is -6.44. The maximum Gasteiger partial charge on any atom is 0.0468 e. The van der Waals surface area contributed by atoms with Crippen LogP contribution in [-0.4, -0.2) is 0 Å². The number of hydrogen-bond donors (Lipinski definition) is 0. The van der Waals surface area contributed by atoms with E-state index in [1.807, 2.05) is 0 Å². The van der Waals surface area contributed by atoms with Gasteiger partial charge in [-0.25, -0.2) is 0 Å². The highest BCUT2D eigenvalue weighted by Gasteiger charge is 2.18. The van der Waals surface area contributed by atoms with Crippen LogP contribution in [0, 0.1) is 13.8 Å². The van der Waals surface area contributed by atoms with Gasteiger partial charge >= 0.3 is 0 Å². The molecule has 1 heteroatoms. The summed E-state index contributed by atoms with van der Waals surface area (Å²) in [6, 6.07) is 68.8. The van der Waals surface area contributed by atoms with Gasteiger partial charge in [0.1, 0.15) is 0 Å². The fraction of sp³-hybridized carbons (Fsp3) is 0.0400. The fourth-order valence-electron chi connectivity index (χ4n) is 7.74. The van der Waals surface area contributed by atoms with Gasteiger partial charge in [0.25, 0.3) is 0 Å². The van der Waals surface area contributed by atoms with Crippen LogP contribution in [0.5, 0.6) is 0 Å². The van der Waals surface area contributed by atoms with Gasteiger partial charge in [0.05, 0.1) is 0 Å². The van der Waals surface area contributed by atoms with Crippen LogP contribution in [0.15, 0.2) is 188 Å². The molecule has 0 aliphatic rings. The minimum atomic E-state index is 1.14. The zero-order valence-electron chi connectivity index (χ0n) is 28.8. The third kappa shape index (κ3) is 5.63. The van der Waals surface area contributed by atoms with Gasteiger partial charge < -0.3 is 4.90 Å². The van der Waals surface area contributed by atoms with Crippen LogP contribution in [0.2, 0.25) is 0 Å². The first-order valence-electron chi connectivity index (χ1n) is 17.7. The predicted octanol–water partition coefficient (Wildman–Crippen LogP) is 14.2. The molecule has 0 aliphatic heterocycles. The molecule has 9 aromatic rings. The van der Waals surface area contributed by atoms with E-state index in [0.717, 1.165) is 17.1 Å². The number of benzene rings is 9. The van der Waals surface area contributed by atoms with Crippen molar-refractivity contribution in [1.29, 1.82) is 0 Å². The van der Waals surface area contributed by atoms with Crippen molar-refractivity contribution >= 4 is 49.4 Å². The summed E-state index contributed by atoms with van der Waals surface area (Å²) in [6.07, 6.45) is 0. The molecule has 0 bridgehead atoms. The van der Waals surface area contributed by atoms with Crippen molar-refractivity contribution in [2.75, 3.05) is 4.90 Å². The first kappa shape index (κ1) is 30.6. The van der Waals surface area contributed by atoms with Crippen LogP contribution < -0.4 is 4.90 Å². The Kier molecular flexibility index (Phi) is 7.67. The molecule has 0 unspecified atom stereocenters. The number of nitrogens with zero attached hydrogens (tertiary/aromatic N) is 1. The van der Waals surface area contributed by atoms with Crippen LogP contribution in [-0.2, 0) is 0 Å². The summed E-state index contributed by atoms with van der Waals surface area (Å²) in [4.78, 5) is 2.36. The largest absolute Gasteiger partial charge is 0.310 e. The van der Waals surface area contributed by atoms with Crippen molar-refractivity contribution in [3.8, 4) is 33.4 Å². The highest BCUT2D eigenvalue weighted by molar-refractivity contribution is 6.21. The van der Waals surface area contributed by atoms with E-state index < -0.39 is 0 Å². The van der Waals surface area contributed by atoms with Gasteiger partial charge in [0, 0.05) is 17.1 Å². The molecule has 0 aromatic heterocycles. The van der Waals surface area contributed by atoms with Crippen LogP contribution >= 0.6 is 0 Å². The molecule has 0 aliphatic carbocycles. The van der Waals surface area contributed by atoms with Gasteiger partial charge in [-0.2, -0.15) is 0 Å². The van der Waals surface area contributed by atoms with Gasteiger partial charge in [-0.1, -0.05) is 140 Å². The topological polar surface area (TPSA) is 3.24 Å². The SMILES string of the molecule is Cc1cccc(N(c2cccc(C)c2)c2ccc3cc(-c4c5ccccc5c(-c5cccc(-c6ccccc6)c5)c5ccccc45)ccc3c2)c1. The molecule has 0 amide bonds. The highest BCUT2D eigenvalue weighted by atomic mass is 15.1. The Morgan fingerprint density at radius 2 is 0.745 bits per heavy atom. The van der Waals surface area contributed by atoms with Crippen LogP contribution in [0.4, 0.5) is 17.1 Å². The maximum absolute atomic E-state index is 2.37. The summed E-state index contributed by atoms with van der Waals surface area (Å²) in [7, 11) is 0. The van der Waals surface area contributed by atoms with Crippen molar-refractivity contribution in [3.05, 3.63) is 199 Å². The second-order valence-electron chi connectivity index (χ2n) is 13.5. The number of anilines is 3. The number of hydrogen-bond acceptors (Lipinski definition) is 1. The van der Waals surface area contributed by atoms with Crippen LogP contribution in [0.1, 0.15) is 11.1 Å². The minimum Gasteiger partial charge on any atom is -0.310 e. The summed E-state index contributed by atoms with van der Waals surface area (Å²) < 4.78 is 0. The predicted molar refractivity (Wildman–Crippen MR) is 219 cm³/mol. The van der Waals surface area contributed by atoms with Crippen molar-refractivity contribution in [1.82, 2.24) is 0 Å². The van der Waals surface area contributed by atoms with Gasteiger partial charge in [-0.15, -0.1) is 0 Å². The van der Waals surface area contributed by atoms with Gasteiger partial charge in [-0.3, -0.25) is 0 Å². The summed E-state index contributed by atoms with van der Waals surface area (Å²) in [6.45, 7) is 4.31. The van der Waals surface area contributed by atoms with E-state index in [1.54, 1.807) is 0 Å². The zero-order valence-corrected chi connectivity index (χ0v) is 28.8. The lowest BCUT2D eigenvalue weighted by molar-refractivity contribution is 1.26. The Morgan fingerprint density at radius 3 is 1.33 bits per heavy atom. The van der Waals surface area contributed by atoms with Crippen LogP contribution in [0.3, 0.4) is 0 Å². The summed E-state index contributed by atoms with van der Waals surface area (Å²) in [5, 5.41) is 7.48. The Bertz CT molecular complexity index is 2620. The summed E-state index contributed by atoms with van der Waals surface area (Å²) in [5.41, 5.74) is 13.4. The molecule has 242 valence electrons. The normalized spacial score (nSPS) is 11.3. The number of fused-ring (bicyclic) bond motifs is 3. The summed E-state index contributed by atoms with van der Waals surface area (Å²) >= 11 is 0. The average Bonchev–Trinajstić information content (AvgIpc) is 3.17. The molecule has 0 fully saturated rings. The molecule has 0 N–H and O–H groups in total. The zero-order chi connectivity index (χ0) is 34.3. The summed E-state index contributed by atoms with van der Waals surface area (Å²) in [5.74, 6) is 0. The molecule has 0 heterocycles. The molecular formula is C50H37N. The third-order valence-electron chi connectivity index (χ3n) is 10.1. The average molecular weight is 652 g/mol. The molecule has 51 heavy (non-hydrogen) atoms. The molecular weight excluding hydrogens is 615 g/mol. The Labute approximate surface area is 299 Å². The van der Waals surface area contributed by atoms with E-state index in [9.17, 15) is 0 Å². The van der Waals surface area contributed by atoms with Crippen LogP contribution in [0.25, 0.3) is 65.7 Å². The van der Waals surface area contributed by atoms with Crippen molar-refractivity contribution < 1.29 is 0 Å². The molecule has 0 atom stereocenters. The van der Waals surface area contributed by atoms with E-state index in [-0.39, 0.29) is 0 Å². The quantitative estimate of drug-likeness (QED) is 0.162. The van der Waals surface area contributed by atoms with Crippen molar-refractivity contribution in [2.45, 2.75) is 13.8 Å². The standard InChI is InChI=1S/C50H37N/c1-34-13-10-19-42(29-34)51(43-20-11-14-35(2)30-43)44-28-27-38-32-41(26-25-39(38)33-44)50-47-23-8-6-21-45(47)49(46-22-7-9-24-48(46)50)40-18-12-17-37(31-40)36-15-4-3-5-16-36/h3-33H,1-2H3. The van der Waals surface area contributed by atoms with E-state index in [1.165, 1.54) is 76.8 Å². The lowest BCUT2D eigenvalue weighted by Crippen LogP contribution is -2.10. The lowest BCUT2D eigenvalue weighted by atomic mass is 9.85. The molecule has 9 aromatic carbocycles. The second-order valence-corrected chi connectivity index (χ2v) is 13.5. The fourth-order valence-corrected chi connectivity index (χ4v) is 7.74. The lowest BCUT2D eigenvalue weighted by Gasteiger charge is -2.26.